The Kier molecular flexibility index (Phi) is 3.59. The van der Waals surface area contributed by atoms with Gasteiger partial charge in [0, 0.05) is 6.20 Å². The summed E-state index contributed by atoms with van der Waals surface area (Å²) in [6, 6.07) is 3.57. The Morgan fingerprint density at radius 2 is 2.42 bits per heavy atom. The molecule has 2 nitrogen and oxygen atoms in total. The third-order valence-electron chi connectivity index (χ3n) is 1.21. The molecule has 1 aromatic heterocycles. The highest BCUT2D eigenvalue weighted by molar-refractivity contribution is 6.30. The van der Waals surface area contributed by atoms with Crippen molar-refractivity contribution in [1.82, 2.24) is 10.3 Å². The Hall–Kier alpha value is -1.04. The van der Waals surface area contributed by atoms with Crippen molar-refractivity contribution in [2.45, 2.75) is 0 Å². The molecule has 0 aliphatic carbocycles. The summed E-state index contributed by atoms with van der Waals surface area (Å²) in [6.07, 6.45) is 1.59. The predicted molar refractivity (Wildman–Crippen MR) is 50.1 cm³/mol. The molecule has 0 atom stereocenters. The lowest BCUT2D eigenvalue weighted by atomic mass is 10.3. The quantitative estimate of drug-likeness (QED) is 0.660. The van der Waals surface area contributed by atoms with Crippen molar-refractivity contribution in [3.8, 4) is 11.8 Å². The van der Waals surface area contributed by atoms with Crippen LogP contribution in [0, 0.1) is 11.8 Å². The highest BCUT2D eigenvalue weighted by Gasteiger charge is 1.87. The molecule has 1 aromatic rings. The number of rotatable bonds is 1. The lowest BCUT2D eigenvalue weighted by Gasteiger charge is -1.89. The average molecular weight is 181 g/mol. The first-order valence-corrected chi connectivity index (χ1v) is 3.96. The molecule has 12 heavy (non-hydrogen) atoms. The second-order valence-electron chi connectivity index (χ2n) is 2.19. The zero-order chi connectivity index (χ0) is 8.81. The number of halogens is 1. The number of nitrogens with one attached hydrogen (secondary N) is 1. The molecule has 0 aromatic carbocycles. The summed E-state index contributed by atoms with van der Waals surface area (Å²) in [7, 11) is 1.85. The van der Waals surface area contributed by atoms with Crippen LogP contribution in [0.15, 0.2) is 18.3 Å². The van der Waals surface area contributed by atoms with Crippen molar-refractivity contribution >= 4 is 11.6 Å². The van der Waals surface area contributed by atoms with Crippen LogP contribution < -0.4 is 5.32 Å². The van der Waals surface area contributed by atoms with Gasteiger partial charge in [0.05, 0.1) is 11.6 Å². The molecule has 0 bridgehead atoms. The van der Waals surface area contributed by atoms with Gasteiger partial charge in [0.25, 0.3) is 0 Å². The average Bonchev–Trinajstić information content (AvgIpc) is 2.09. The lowest BCUT2D eigenvalue weighted by molar-refractivity contribution is 0.938. The van der Waals surface area contributed by atoms with Gasteiger partial charge in [-0.05, 0) is 25.1 Å². The SMILES string of the molecule is CNCC#Cc1ccc(Cl)cn1. The topological polar surface area (TPSA) is 24.9 Å². The molecule has 0 radical (unpaired) electrons. The van der Waals surface area contributed by atoms with Gasteiger partial charge < -0.3 is 5.32 Å². The van der Waals surface area contributed by atoms with E-state index in [-0.39, 0.29) is 0 Å². The van der Waals surface area contributed by atoms with Crippen LogP contribution in [0.2, 0.25) is 5.02 Å². The molecule has 1 N–H and O–H groups in total. The van der Waals surface area contributed by atoms with Crippen LogP contribution in [0.25, 0.3) is 0 Å². The number of nitrogens with zero attached hydrogens (tertiary/aromatic N) is 1. The van der Waals surface area contributed by atoms with E-state index >= 15 is 0 Å². The van der Waals surface area contributed by atoms with Gasteiger partial charge >= 0.3 is 0 Å². The Bertz CT molecular complexity index is 295. The standard InChI is InChI=1S/C9H9ClN2/c1-11-6-2-3-9-5-4-8(10)7-12-9/h4-5,7,11H,6H2,1H3. The van der Waals surface area contributed by atoms with Crippen LogP contribution in [0.4, 0.5) is 0 Å². The maximum atomic E-state index is 5.65. The minimum atomic E-state index is 0.633. The summed E-state index contributed by atoms with van der Waals surface area (Å²) in [5.41, 5.74) is 0.745. The van der Waals surface area contributed by atoms with Crippen molar-refractivity contribution in [3.05, 3.63) is 29.0 Å². The van der Waals surface area contributed by atoms with Crippen LogP contribution in [-0.4, -0.2) is 18.6 Å². The number of pyridine rings is 1. The van der Waals surface area contributed by atoms with Gasteiger partial charge in [0.1, 0.15) is 5.69 Å². The van der Waals surface area contributed by atoms with Gasteiger partial charge in [0.2, 0.25) is 0 Å². The van der Waals surface area contributed by atoms with Crippen LogP contribution >= 0.6 is 11.6 Å². The van der Waals surface area contributed by atoms with E-state index in [0.717, 1.165) is 5.69 Å². The Labute approximate surface area is 77.0 Å². The molecule has 0 unspecified atom stereocenters. The smallest absolute Gasteiger partial charge is 0.113 e. The van der Waals surface area contributed by atoms with E-state index in [1.165, 1.54) is 0 Å². The van der Waals surface area contributed by atoms with Crippen LogP contribution in [0.1, 0.15) is 5.69 Å². The van der Waals surface area contributed by atoms with Gasteiger partial charge in [0.15, 0.2) is 0 Å². The molecule has 0 saturated heterocycles. The molecule has 0 fully saturated rings. The van der Waals surface area contributed by atoms with E-state index in [2.05, 4.69) is 22.1 Å². The third kappa shape index (κ3) is 2.91. The molecular formula is C9H9ClN2. The first-order chi connectivity index (χ1) is 5.83. The maximum Gasteiger partial charge on any atom is 0.113 e. The predicted octanol–water partition coefficient (Wildman–Crippen LogP) is 1.31. The number of hydrogen-bond acceptors (Lipinski definition) is 2. The molecular weight excluding hydrogens is 172 g/mol. The molecule has 1 rings (SSSR count). The van der Waals surface area contributed by atoms with Crippen molar-refractivity contribution in [2.24, 2.45) is 0 Å². The molecule has 0 saturated carbocycles. The Morgan fingerprint density at radius 1 is 1.58 bits per heavy atom. The zero-order valence-electron chi connectivity index (χ0n) is 6.76. The second kappa shape index (κ2) is 4.76. The third-order valence-corrected chi connectivity index (χ3v) is 1.43. The fourth-order valence-electron chi connectivity index (χ4n) is 0.673. The van der Waals surface area contributed by atoms with Gasteiger partial charge in [-0.3, -0.25) is 0 Å². The summed E-state index contributed by atoms with van der Waals surface area (Å²) in [6.45, 7) is 0.671. The largest absolute Gasteiger partial charge is 0.309 e. The molecule has 0 aliphatic heterocycles. The fourth-order valence-corrected chi connectivity index (χ4v) is 0.785. The van der Waals surface area contributed by atoms with Crippen LogP contribution in [0.5, 0.6) is 0 Å². The van der Waals surface area contributed by atoms with E-state index in [1.807, 2.05) is 7.05 Å². The highest BCUT2D eigenvalue weighted by atomic mass is 35.5. The molecule has 0 amide bonds. The summed E-state index contributed by atoms with van der Waals surface area (Å²) in [4.78, 5) is 4.02. The molecule has 3 heteroatoms. The van der Waals surface area contributed by atoms with Crippen LogP contribution in [-0.2, 0) is 0 Å². The summed E-state index contributed by atoms with van der Waals surface area (Å²) in [5, 5.41) is 3.56. The molecule has 0 aliphatic rings. The molecule has 1 heterocycles. The van der Waals surface area contributed by atoms with Crippen LogP contribution in [0.3, 0.4) is 0 Å². The van der Waals surface area contributed by atoms with Gasteiger partial charge in [-0.2, -0.15) is 0 Å². The normalized spacial score (nSPS) is 8.83. The van der Waals surface area contributed by atoms with Crippen molar-refractivity contribution in [3.63, 3.8) is 0 Å². The number of aromatic nitrogens is 1. The zero-order valence-corrected chi connectivity index (χ0v) is 7.52. The van der Waals surface area contributed by atoms with E-state index in [1.54, 1.807) is 18.3 Å². The Morgan fingerprint density at radius 3 is 3.00 bits per heavy atom. The van der Waals surface area contributed by atoms with E-state index < -0.39 is 0 Å². The molecule has 62 valence electrons. The minimum Gasteiger partial charge on any atom is -0.309 e. The fraction of sp³-hybridized carbons (Fsp3) is 0.222. The number of hydrogen-bond donors (Lipinski definition) is 1. The van der Waals surface area contributed by atoms with E-state index in [9.17, 15) is 0 Å². The lowest BCUT2D eigenvalue weighted by Crippen LogP contribution is -2.04. The minimum absolute atomic E-state index is 0.633. The van der Waals surface area contributed by atoms with Crippen molar-refractivity contribution in [2.75, 3.05) is 13.6 Å². The van der Waals surface area contributed by atoms with Crippen molar-refractivity contribution in [1.29, 1.82) is 0 Å². The summed E-state index contributed by atoms with van der Waals surface area (Å²) >= 11 is 5.65. The molecule has 0 spiro atoms. The van der Waals surface area contributed by atoms with Crippen molar-refractivity contribution < 1.29 is 0 Å². The first-order valence-electron chi connectivity index (χ1n) is 3.58. The monoisotopic (exact) mass is 180 g/mol. The highest BCUT2D eigenvalue weighted by Crippen LogP contribution is 2.04. The summed E-state index contributed by atoms with van der Waals surface area (Å²) < 4.78 is 0. The van der Waals surface area contributed by atoms with Gasteiger partial charge in [-0.1, -0.05) is 17.5 Å². The van der Waals surface area contributed by atoms with E-state index in [4.69, 9.17) is 11.6 Å². The van der Waals surface area contributed by atoms with Gasteiger partial charge in [-0.15, -0.1) is 0 Å². The van der Waals surface area contributed by atoms with Gasteiger partial charge in [-0.25, -0.2) is 4.98 Å². The van der Waals surface area contributed by atoms with E-state index in [0.29, 0.717) is 11.6 Å². The Balaban J connectivity index is 2.66. The summed E-state index contributed by atoms with van der Waals surface area (Å²) in [5.74, 6) is 5.79. The second-order valence-corrected chi connectivity index (χ2v) is 2.63. The first kappa shape index (κ1) is 9.05. The maximum absolute atomic E-state index is 5.65.